The Balaban J connectivity index is 1.89. The number of hydrogen-bond acceptors (Lipinski definition) is 3. The van der Waals surface area contributed by atoms with Crippen LogP contribution in [0, 0.1) is 0 Å². The molecule has 2 fully saturated rings. The summed E-state index contributed by atoms with van der Waals surface area (Å²) in [7, 11) is 0. The third-order valence-corrected chi connectivity index (χ3v) is 4.19. The Hall–Kier alpha value is -0.120. The van der Waals surface area contributed by atoms with Crippen LogP contribution in [0.2, 0.25) is 0 Å². The summed E-state index contributed by atoms with van der Waals surface area (Å²) >= 11 is 0. The third kappa shape index (κ3) is 2.76. The molecular weight excluding hydrogens is 200 g/mol. The minimum absolute atomic E-state index is 0.149. The molecular formula is C13H26N2O. The van der Waals surface area contributed by atoms with Crippen molar-refractivity contribution in [2.24, 2.45) is 5.73 Å². The monoisotopic (exact) mass is 226 g/mol. The maximum atomic E-state index is 9.31. The van der Waals surface area contributed by atoms with Gasteiger partial charge >= 0.3 is 0 Å². The van der Waals surface area contributed by atoms with Gasteiger partial charge in [0.15, 0.2) is 0 Å². The Labute approximate surface area is 99.0 Å². The van der Waals surface area contributed by atoms with Crippen molar-refractivity contribution in [3.63, 3.8) is 0 Å². The lowest BCUT2D eigenvalue weighted by atomic mass is 10.0. The highest BCUT2D eigenvalue weighted by Crippen LogP contribution is 2.37. The molecule has 0 heterocycles. The highest BCUT2D eigenvalue weighted by Gasteiger charge is 2.41. The summed E-state index contributed by atoms with van der Waals surface area (Å²) in [6.45, 7) is 3.63. The van der Waals surface area contributed by atoms with E-state index in [1.807, 2.05) is 0 Å². The molecule has 2 unspecified atom stereocenters. The van der Waals surface area contributed by atoms with Crippen molar-refractivity contribution in [3.8, 4) is 0 Å². The maximum absolute atomic E-state index is 9.31. The fraction of sp³-hybridized carbons (Fsp3) is 1.00. The van der Waals surface area contributed by atoms with Crippen molar-refractivity contribution < 1.29 is 5.11 Å². The molecule has 0 amide bonds. The topological polar surface area (TPSA) is 49.5 Å². The number of rotatable bonds is 6. The van der Waals surface area contributed by atoms with E-state index in [2.05, 4.69) is 11.8 Å². The van der Waals surface area contributed by atoms with Crippen LogP contribution in [0.25, 0.3) is 0 Å². The molecule has 3 nitrogen and oxygen atoms in total. The highest BCUT2D eigenvalue weighted by atomic mass is 16.3. The molecule has 94 valence electrons. The van der Waals surface area contributed by atoms with Crippen molar-refractivity contribution >= 4 is 0 Å². The summed E-state index contributed by atoms with van der Waals surface area (Å²) < 4.78 is 0. The average Bonchev–Trinajstić information content (AvgIpc) is 3.04. The highest BCUT2D eigenvalue weighted by molar-refractivity contribution is 5.00. The van der Waals surface area contributed by atoms with Crippen molar-refractivity contribution in [1.29, 1.82) is 0 Å². The standard InChI is InChI=1S/C13H26N2O/c1-2-3-8-15(11-4-5-11)12-6-7-13(14,9-12)10-16/h11-12,16H,2-10,14H2,1H3. The molecule has 2 saturated carbocycles. The van der Waals surface area contributed by atoms with Crippen LogP contribution in [-0.4, -0.2) is 40.8 Å². The molecule has 3 heteroatoms. The van der Waals surface area contributed by atoms with Crippen molar-refractivity contribution in [1.82, 2.24) is 4.90 Å². The number of nitrogens with zero attached hydrogens (tertiary/aromatic N) is 1. The van der Waals surface area contributed by atoms with Gasteiger partial charge in [-0.2, -0.15) is 0 Å². The lowest BCUT2D eigenvalue weighted by Gasteiger charge is -2.30. The van der Waals surface area contributed by atoms with E-state index in [1.165, 1.54) is 38.6 Å². The molecule has 0 aliphatic heterocycles. The lowest BCUT2D eigenvalue weighted by Crippen LogP contribution is -2.44. The van der Waals surface area contributed by atoms with Gasteiger partial charge in [-0.15, -0.1) is 0 Å². The number of nitrogens with two attached hydrogens (primary N) is 1. The van der Waals surface area contributed by atoms with Crippen molar-refractivity contribution in [2.75, 3.05) is 13.2 Å². The normalized spacial score (nSPS) is 34.9. The average molecular weight is 226 g/mol. The Kier molecular flexibility index (Phi) is 3.88. The molecule has 2 atom stereocenters. The van der Waals surface area contributed by atoms with Crippen LogP contribution in [0.4, 0.5) is 0 Å². The molecule has 0 aromatic rings. The van der Waals surface area contributed by atoms with Gasteiger partial charge in [0.1, 0.15) is 0 Å². The second kappa shape index (κ2) is 5.03. The van der Waals surface area contributed by atoms with Crippen LogP contribution in [0.15, 0.2) is 0 Å². The van der Waals surface area contributed by atoms with Gasteiger partial charge in [0.2, 0.25) is 0 Å². The largest absolute Gasteiger partial charge is 0.394 e. The quantitative estimate of drug-likeness (QED) is 0.721. The summed E-state index contributed by atoms with van der Waals surface area (Å²) in [5.41, 5.74) is 5.87. The van der Waals surface area contributed by atoms with Gasteiger partial charge in [0, 0.05) is 17.6 Å². The second-order valence-corrected chi connectivity index (χ2v) is 5.74. The minimum Gasteiger partial charge on any atom is -0.394 e. The number of hydrogen-bond donors (Lipinski definition) is 2. The summed E-state index contributed by atoms with van der Waals surface area (Å²) in [5, 5.41) is 9.31. The van der Waals surface area contributed by atoms with E-state index >= 15 is 0 Å². The van der Waals surface area contributed by atoms with Gasteiger partial charge in [-0.1, -0.05) is 13.3 Å². The van der Waals surface area contributed by atoms with E-state index < -0.39 is 0 Å². The first-order valence-corrected chi connectivity index (χ1v) is 6.84. The van der Waals surface area contributed by atoms with Crippen molar-refractivity contribution in [3.05, 3.63) is 0 Å². The van der Waals surface area contributed by atoms with Gasteiger partial charge in [-0.05, 0) is 45.1 Å². The number of aliphatic hydroxyl groups is 1. The first-order chi connectivity index (χ1) is 7.68. The SMILES string of the molecule is CCCCN(C1CC1)C1CCC(N)(CO)C1. The molecule has 2 rings (SSSR count). The van der Waals surface area contributed by atoms with Gasteiger partial charge in [0.25, 0.3) is 0 Å². The Morgan fingerprint density at radius 1 is 1.31 bits per heavy atom. The van der Waals surface area contributed by atoms with E-state index in [0.29, 0.717) is 6.04 Å². The molecule has 2 aliphatic rings. The van der Waals surface area contributed by atoms with Crippen LogP contribution >= 0.6 is 0 Å². The number of unbranched alkanes of at least 4 members (excludes halogenated alkanes) is 1. The van der Waals surface area contributed by atoms with E-state index in [-0.39, 0.29) is 12.1 Å². The van der Waals surface area contributed by atoms with Crippen LogP contribution in [-0.2, 0) is 0 Å². The Morgan fingerprint density at radius 2 is 2.06 bits per heavy atom. The van der Waals surface area contributed by atoms with Gasteiger partial charge in [-0.3, -0.25) is 4.90 Å². The Morgan fingerprint density at radius 3 is 2.56 bits per heavy atom. The first kappa shape index (κ1) is 12.3. The summed E-state index contributed by atoms with van der Waals surface area (Å²) in [6.07, 6.45) is 8.46. The van der Waals surface area contributed by atoms with Crippen LogP contribution in [0.5, 0.6) is 0 Å². The zero-order valence-corrected chi connectivity index (χ0v) is 10.5. The molecule has 0 aromatic carbocycles. The van der Waals surface area contributed by atoms with E-state index in [9.17, 15) is 5.11 Å². The fourth-order valence-electron chi connectivity index (χ4n) is 2.96. The van der Waals surface area contributed by atoms with E-state index in [1.54, 1.807) is 0 Å². The Bertz CT molecular complexity index is 230. The zero-order valence-electron chi connectivity index (χ0n) is 10.5. The summed E-state index contributed by atoms with van der Waals surface area (Å²) in [6, 6.07) is 1.47. The summed E-state index contributed by atoms with van der Waals surface area (Å²) in [5.74, 6) is 0. The predicted molar refractivity (Wildman–Crippen MR) is 66.3 cm³/mol. The van der Waals surface area contributed by atoms with Gasteiger partial charge in [0.05, 0.1) is 6.61 Å². The fourth-order valence-corrected chi connectivity index (χ4v) is 2.96. The molecule has 16 heavy (non-hydrogen) atoms. The molecule has 2 aliphatic carbocycles. The lowest BCUT2D eigenvalue weighted by molar-refractivity contribution is 0.158. The van der Waals surface area contributed by atoms with Crippen LogP contribution < -0.4 is 5.73 Å². The molecule has 0 saturated heterocycles. The minimum atomic E-state index is -0.288. The molecule has 0 radical (unpaired) electrons. The molecule has 0 spiro atoms. The predicted octanol–water partition coefficient (Wildman–Crippen LogP) is 1.49. The summed E-state index contributed by atoms with van der Waals surface area (Å²) in [4.78, 5) is 2.67. The van der Waals surface area contributed by atoms with Gasteiger partial charge < -0.3 is 10.8 Å². The molecule has 0 aromatic heterocycles. The second-order valence-electron chi connectivity index (χ2n) is 5.74. The number of aliphatic hydroxyl groups excluding tert-OH is 1. The maximum Gasteiger partial charge on any atom is 0.0611 e. The molecule has 0 bridgehead atoms. The zero-order chi connectivity index (χ0) is 11.6. The van der Waals surface area contributed by atoms with E-state index in [4.69, 9.17) is 5.73 Å². The van der Waals surface area contributed by atoms with Crippen molar-refractivity contribution in [2.45, 2.75) is 69.5 Å². The first-order valence-electron chi connectivity index (χ1n) is 6.84. The van der Waals surface area contributed by atoms with E-state index in [0.717, 1.165) is 18.9 Å². The molecule has 3 N–H and O–H groups in total. The van der Waals surface area contributed by atoms with Crippen LogP contribution in [0.3, 0.4) is 0 Å². The van der Waals surface area contributed by atoms with Gasteiger partial charge in [-0.25, -0.2) is 0 Å². The third-order valence-electron chi connectivity index (χ3n) is 4.19. The van der Waals surface area contributed by atoms with Crippen LogP contribution in [0.1, 0.15) is 51.9 Å². The smallest absolute Gasteiger partial charge is 0.0611 e.